The van der Waals surface area contributed by atoms with Crippen LogP contribution in [0.1, 0.15) is 21.6 Å². The summed E-state index contributed by atoms with van der Waals surface area (Å²) in [4.78, 5) is 11.5. The number of hydrogen-bond donors (Lipinski definition) is 3. The molecular weight excluding hydrogens is 384 g/mol. The summed E-state index contributed by atoms with van der Waals surface area (Å²) in [6.45, 7) is 3.65. The minimum absolute atomic E-state index is 0.0340. The molecule has 0 unspecified atom stereocenters. The van der Waals surface area contributed by atoms with Gasteiger partial charge in [-0.3, -0.25) is 0 Å². The van der Waals surface area contributed by atoms with E-state index in [9.17, 15) is 20.1 Å². The number of benzene rings is 3. The second-order valence-corrected chi connectivity index (χ2v) is 6.85. The van der Waals surface area contributed by atoms with Crippen molar-refractivity contribution in [1.29, 1.82) is 0 Å². The molecule has 8 nitrogen and oxygen atoms in total. The summed E-state index contributed by atoms with van der Waals surface area (Å²) in [6.07, 6.45) is 0. The molecule has 1 aromatic heterocycles. The summed E-state index contributed by atoms with van der Waals surface area (Å²) in [7, 11) is 0. The summed E-state index contributed by atoms with van der Waals surface area (Å²) in [5, 5.41) is 43.8. The van der Waals surface area contributed by atoms with E-state index in [-0.39, 0.29) is 28.6 Å². The molecule has 150 valence electrons. The van der Waals surface area contributed by atoms with Gasteiger partial charge in [-0.1, -0.05) is 42.0 Å². The number of rotatable bonds is 4. The fourth-order valence-electron chi connectivity index (χ4n) is 3.22. The van der Waals surface area contributed by atoms with E-state index in [1.165, 1.54) is 4.68 Å². The minimum Gasteiger partial charge on any atom is -0.506 e. The Labute approximate surface area is 171 Å². The number of azo groups is 1. The molecule has 0 aliphatic heterocycles. The minimum atomic E-state index is -1.15. The molecule has 0 bridgehead atoms. The number of hydrogen-bond acceptors (Lipinski definition) is 6. The first-order chi connectivity index (χ1) is 14.4. The number of carboxylic acids is 1. The van der Waals surface area contributed by atoms with Gasteiger partial charge in [-0.2, -0.15) is 9.78 Å². The van der Waals surface area contributed by atoms with Gasteiger partial charge in [-0.25, -0.2) is 4.79 Å². The van der Waals surface area contributed by atoms with E-state index in [1.54, 1.807) is 31.2 Å². The lowest BCUT2D eigenvalue weighted by atomic mass is 10.0. The Morgan fingerprint density at radius 3 is 2.23 bits per heavy atom. The number of carboxylic acid groups (broad SMARTS) is 1. The van der Waals surface area contributed by atoms with Crippen molar-refractivity contribution in [3.8, 4) is 17.3 Å². The van der Waals surface area contributed by atoms with Gasteiger partial charge in [0.15, 0.2) is 5.69 Å². The molecule has 4 aromatic rings. The predicted octanol–water partition coefficient (Wildman–Crippen LogP) is 5.17. The normalized spacial score (nSPS) is 11.4. The monoisotopic (exact) mass is 402 g/mol. The first-order valence-electron chi connectivity index (χ1n) is 9.12. The zero-order chi connectivity index (χ0) is 21.4. The number of aryl methyl sites for hydroxylation is 2. The van der Waals surface area contributed by atoms with Crippen LogP contribution in [0.2, 0.25) is 0 Å². The van der Waals surface area contributed by atoms with Crippen molar-refractivity contribution in [1.82, 2.24) is 9.78 Å². The standard InChI is InChI=1S/C22H18N4O4/c1-12-7-9-14(10-8-12)26-21(28)19(13(2)25-26)23-24-20-16-6-4-3-5-15(16)17(22(29)30)11-18(20)27/h3-11,27-28H,1-2H3,(H,29,30). The number of phenolic OH excluding ortho intramolecular Hbond substituents is 1. The van der Waals surface area contributed by atoms with Crippen LogP contribution in [0.4, 0.5) is 11.4 Å². The maximum Gasteiger partial charge on any atom is 0.336 e. The second kappa shape index (κ2) is 7.32. The molecule has 4 rings (SSSR count). The molecule has 0 amide bonds. The predicted molar refractivity (Wildman–Crippen MR) is 111 cm³/mol. The smallest absolute Gasteiger partial charge is 0.336 e. The van der Waals surface area contributed by atoms with Crippen molar-refractivity contribution in [3.05, 3.63) is 71.4 Å². The summed E-state index contributed by atoms with van der Waals surface area (Å²) in [5.74, 6) is -1.66. The van der Waals surface area contributed by atoms with Crippen LogP contribution in [0, 0.1) is 13.8 Å². The van der Waals surface area contributed by atoms with Gasteiger partial charge < -0.3 is 15.3 Å². The Balaban J connectivity index is 1.81. The van der Waals surface area contributed by atoms with Crippen molar-refractivity contribution in [3.63, 3.8) is 0 Å². The van der Waals surface area contributed by atoms with Crippen molar-refractivity contribution in [2.45, 2.75) is 13.8 Å². The molecule has 30 heavy (non-hydrogen) atoms. The third-order valence-corrected chi connectivity index (χ3v) is 4.76. The first kappa shape index (κ1) is 19.1. The number of fused-ring (bicyclic) bond motifs is 1. The lowest BCUT2D eigenvalue weighted by Crippen LogP contribution is -1.97. The molecule has 1 heterocycles. The Morgan fingerprint density at radius 1 is 0.933 bits per heavy atom. The highest BCUT2D eigenvalue weighted by Crippen LogP contribution is 2.40. The number of aromatic nitrogens is 2. The van der Waals surface area contributed by atoms with Crippen LogP contribution in [-0.4, -0.2) is 31.1 Å². The number of phenols is 1. The number of nitrogens with zero attached hydrogens (tertiary/aromatic N) is 4. The molecule has 0 aliphatic rings. The van der Waals surface area contributed by atoms with E-state index < -0.39 is 5.97 Å². The number of carbonyl (C=O) groups is 1. The van der Waals surface area contributed by atoms with Gasteiger partial charge in [0.1, 0.15) is 11.4 Å². The molecule has 3 N–H and O–H groups in total. The topological polar surface area (TPSA) is 120 Å². The van der Waals surface area contributed by atoms with E-state index in [0.717, 1.165) is 11.6 Å². The summed E-state index contributed by atoms with van der Waals surface area (Å²) >= 11 is 0. The van der Waals surface area contributed by atoms with Crippen LogP contribution >= 0.6 is 0 Å². The fraction of sp³-hybridized carbons (Fsp3) is 0.0909. The van der Waals surface area contributed by atoms with E-state index in [4.69, 9.17) is 0 Å². The van der Waals surface area contributed by atoms with Gasteiger partial charge >= 0.3 is 5.97 Å². The van der Waals surface area contributed by atoms with E-state index >= 15 is 0 Å². The van der Waals surface area contributed by atoms with E-state index in [1.807, 2.05) is 31.2 Å². The van der Waals surface area contributed by atoms with Gasteiger partial charge in [-0.15, -0.1) is 10.2 Å². The first-order valence-corrected chi connectivity index (χ1v) is 9.12. The Bertz CT molecular complexity index is 1310. The summed E-state index contributed by atoms with van der Waals surface area (Å²) in [5.41, 5.74) is 2.42. The molecule has 0 aliphatic carbocycles. The van der Waals surface area contributed by atoms with Gasteiger partial charge in [-0.05, 0) is 37.4 Å². The zero-order valence-electron chi connectivity index (χ0n) is 16.2. The molecule has 0 saturated carbocycles. The lowest BCUT2D eigenvalue weighted by Gasteiger charge is -2.07. The Morgan fingerprint density at radius 2 is 1.57 bits per heavy atom. The SMILES string of the molecule is Cc1ccc(-n2nc(C)c(N=Nc3c(O)cc(C(=O)O)c4ccccc34)c2O)cc1. The van der Waals surface area contributed by atoms with Crippen molar-refractivity contribution in [2.24, 2.45) is 10.2 Å². The van der Waals surface area contributed by atoms with E-state index in [0.29, 0.717) is 22.2 Å². The van der Waals surface area contributed by atoms with Crippen LogP contribution in [0.5, 0.6) is 11.6 Å². The third kappa shape index (κ3) is 3.24. The van der Waals surface area contributed by atoms with Crippen LogP contribution in [0.25, 0.3) is 16.5 Å². The molecule has 0 radical (unpaired) electrons. The van der Waals surface area contributed by atoms with Gasteiger partial charge in [0.2, 0.25) is 5.88 Å². The zero-order valence-corrected chi connectivity index (χ0v) is 16.2. The maximum atomic E-state index is 11.5. The molecule has 0 fully saturated rings. The highest BCUT2D eigenvalue weighted by Gasteiger charge is 2.18. The second-order valence-electron chi connectivity index (χ2n) is 6.85. The third-order valence-electron chi connectivity index (χ3n) is 4.76. The van der Waals surface area contributed by atoms with Crippen molar-refractivity contribution >= 4 is 28.1 Å². The van der Waals surface area contributed by atoms with Crippen molar-refractivity contribution < 1.29 is 20.1 Å². The maximum absolute atomic E-state index is 11.5. The van der Waals surface area contributed by atoms with Crippen LogP contribution in [0.15, 0.2) is 64.8 Å². The largest absolute Gasteiger partial charge is 0.506 e. The quantitative estimate of drug-likeness (QED) is 0.407. The Kier molecular flexibility index (Phi) is 4.67. The highest BCUT2D eigenvalue weighted by molar-refractivity contribution is 6.08. The molecule has 0 saturated heterocycles. The molecule has 0 spiro atoms. The molecule has 0 atom stereocenters. The van der Waals surface area contributed by atoms with Crippen LogP contribution in [-0.2, 0) is 0 Å². The van der Waals surface area contributed by atoms with E-state index in [2.05, 4.69) is 15.3 Å². The lowest BCUT2D eigenvalue weighted by molar-refractivity contribution is 0.0698. The molecule has 8 heteroatoms. The average molecular weight is 402 g/mol. The molecule has 3 aromatic carbocycles. The van der Waals surface area contributed by atoms with Crippen LogP contribution < -0.4 is 0 Å². The van der Waals surface area contributed by atoms with Gasteiger partial charge in [0.25, 0.3) is 0 Å². The van der Waals surface area contributed by atoms with Crippen LogP contribution in [0.3, 0.4) is 0 Å². The summed E-state index contributed by atoms with van der Waals surface area (Å²) in [6, 6.07) is 15.3. The summed E-state index contributed by atoms with van der Waals surface area (Å²) < 4.78 is 1.36. The Hall–Kier alpha value is -4.20. The average Bonchev–Trinajstić information content (AvgIpc) is 3.01. The van der Waals surface area contributed by atoms with Gasteiger partial charge in [0.05, 0.1) is 16.9 Å². The highest BCUT2D eigenvalue weighted by atomic mass is 16.4. The number of aromatic carboxylic acids is 1. The fourth-order valence-corrected chi connectivity index (χ4v) is 3.22. The molecular formula is C22H18N4O4. The van der Waals surface area contributed by atoms with Gasteiger partial charge in [0, 0.05) is 5.39 Å². The number of aromatic hydroxyl groups is 2. The van der Waals surface area contributed by atoms with Crippen molar-refractivity contribution in [2.75, 3.05) is 0 Å².